The number of rotatable bonds is 8. The van der Waals surface area contributed by atoms with E-state index in [0.717, 1.165) is 18.4 Å². The van der Waals surface area contributed by atoms with Crippen LogP contribution in [0.3, 0.4) is 0 Å². The first-order valence-corrected chi connectivity index (χ1v) is 10.7. The molecule has 0 bridgehead atoms. The molecule has 2 aromatic carbocycles. The van der Waals surface area contributed by atoms with Gasteiger partial charge in [0.25, 0.3) is 11.8 Å². The molecule has 5 nitrogen and oxygen atoms in total. The summed E-state index contributed by atoms with van der Waals surface area (Å²) < 4.78 is 5.90. The van der Waals surface area contributed by atoms with Crippen molar-refractivity contribution >= 4 is 11.8 Å². The van der Waals surface area contributed by atoms with Gasteiger partial charge in [0.1, 0.15) is 5.75 Å². The molecular weight excluding hydrogens is 376 g/mol. The maximum atomic E-state index is 12.8. The Hall–Kier alpha value is -2.82. The van der Waals surface area contributed by atoms with Gasteiger partial charge < -0.3 is 15.0 Å². The lowest BCUT2D eigenvalue weighted by atomic mass is 9.98. The molecule has 1 N–H and O–H groups in total. The lowest BCUT2D eigenvalue weighted by Crippen LogP contribution is -2.37. The van der Waals surface area contributed by atoms with Crippen molar-refractivity contribution < 1.29 is 14.3 Å². The number of hydrogen-bond donors (Lipinski definition) is 1. The van der Waals surface area contributed by atoms with Crippen LogP contribution in [0.4, 0.5) is 0 Å². The molecule has 1 aliphatic rings. The number of amides is 2. The van der Waals surface area contributed by atoms with Gasteiger partial charge in [-0.1, -0.05) is 32.0 Å². The molecule has 0 aliphatic heterocycles. The molecular formula is C25H32N2O3. The quantitative estimate of drug-likeness (QED) is 0.703. The zero-order valence-electron chi connectivity index (χ0n) is 18.6. The number of ether oxygens (including phenoxy) is 1. The van der Waals surface area contributed by atoms with Gasteiger partial charge in [0.15, 0.2) is 6.10 Å². The molecule has 0 unspecified atom stereocenters. The topological polar surface area (TPSA) is 58.6 Å². The van der Waals surface area contributed by atoms with Crippen LogP contribution < -0.4 is 10.1 Å². The Balaban J connectivity index is 1.55. The summed E-state index contributed by atoms with van der Waals surface area (Å²) >= 11 is 0. The van der Waals surface area contributed by atoms with Gasteiger partial charge in [-0.3, -0.25) is 9.59 Å². The first-order chi connectivity index (χ1) is 14.2. The second-order valence-corrected chi connectivity index (χ2v) is 8.57. The van der Waals surface area contributed by atoms with Crippen molar-refractivity contribution in [1.29, 1.82) is 0 Å². The number of hydrogen-bond acceptors (Lipinski definition) is 3. The average Bonchev–Trinajstić information content (AvgIpc) is 3.51. The number of benzene rings is 2. The molecule has 5 heteroatoms. The Morgan fingerprint density at radius 2 is 1.77 bits per heavy atom. The molecule has 0 radical (unpaired) electrons. The van der Waals surface area contributed by atoms with Crippen molar-refractivity contribution in [1.82, 2.24) is 10.2 Å². The molecule has 0 heterocycles. The fourth-order valence-corrected chi connectivity index (χ4v) is 3.54. The van der Waals surface area contributed by atoms with Crippen LogP contribution in [0.25, 0.3) is 0 Å². The second kappa shape index (κ2) is 9.33. The van der Waals surface area contributed by atoms with E-state index in [1.165, 1.54) is 11.1 Å². The van der Waals surface area contributed by atoms with E-state index >= 15 is 0 Å². The SMILES string of the molecule is Cc1cc(O[C@@H](C)C(=O)N(C)Cc2ccc(C(=O)NC3CC3)cc2)ccc1C(C)C. The van der Waals surface area contributed by atoms with Crippen LogP contribution in [0, 0.1) is 6.92 Å². The Labute approximate surface area is 179 Å². The molecule has 1 saturated carbocycles. The van der Waals surface area contributed by atoms with Gasteiger partial charge in [-0.05, 0) is 73.6 Å². The fraction of sp³-hybridized carbons (Fsp3) is 0.440. The van der Waals surface area contributed by atoms with E-state index in [1.54, 1.807) is 18.9 Å². The van der Waals surface area contributed by atoms with Crippen LogP contribution in [-0.4, -0.2) is 35.9 Å². The number of likely N-dealkylation sites (N-methyl/N-ethyl adjacent to an activating group) is 1. The number of nitrogens with zero attached hydrogens (tertiary/aromatic N) is 1. The molecule has 2 amide bonds. The number of carbonyl (C=O) groups excluding carboxylic acids is 2. The molecule has 0 spiro atoms. The maximum absolute atomic E-state index is 12.8. The summed E-state index contributed by atoms with van der Waals surface area (Å²) in [7, 11) is 1.77. The minimum Gasteiger partial charge on any atom is -0.481 e. The minimum atomic E-state index is -0.581. The lowest BCUT2D eigenvalue weighted by Gasteiger charge is -2.23. The van der Waals surface area contributed by atoms with Gasteiger partial charge in [0.05, 0.1) is 0 Å². The number of nitrogens with one attached hydrogen (secondary N) is 1. The smallest absolute Gasteiger partial charge is 0.263 e. The lowest BCUT2D eigenvalue weighted by molar-refractivity contribution is -0.137. The first-order valence-electron chi connectivity index (χ1n) is 10.7. The van der Waals surface area contributed by atoms with Gasteiger partial charge in [0.2, 0.25) is 0 Å². The largest absolute Gasteiger partial charge is 0.481 e. The molecule has 1 fully saturated rings. The molecule has 3 rings (SSSR count). The monoisotopic (exact) mass is 408 g/mol. The zero-order valence-corrected chi connectivity index (χ0v) is 18.6. The average molecular weight is 409 g/mol. The fourth-order valence-electron chi connectivity index (χ4n) is 3.54. The highest BCUT2D eigenvalue weighted by atomic mass is 16.5. The van der Waals surface area contributed by atoms with E-state index in [2.05, 4.69) is 32.2 Å². The van der Waals surface area contributed by atoms with Crippen LogP contribution >= 0.6 is 0 Å². The predicted molar refractivity (Wildman–Crippen MR) is 119 cm³/mol. The highest BCUT2D eigenvalue weighted by Crippen LogP contribution is 2.24. The highest BCUT2D eigenvalue weighted by Gasteiger charge is 2.24. The Morgan fingerprint density at radius 3 is 2.33 bits per heavy atom. The predicted octanol–water partition coefficient (Wildman–Crippen LogP) is 4.44. The van der Waals surface area contributed by atoms with Crippen LogP contribution in [0.5, 0.6) is 5.75 Å². The van der Waals surface area contributed by atoms with Crippen molar-refractivity contribution in [3.63, 3.8) is 0 Å². The van der Waals surface area contributed by atoms with E-state index in [0.29, 0.717) is 29.8 Å². The maximum Gasteiger partial charge on any atom is 0.263 e. The molecule has 2 aromatic rings. The Bertz CT molecular complexity index is 901. The Kier molecular flexibility index (Phi) is 6.80. The summed E-state index contributed by atoms with van der Waals surface area (Å²) in [5, 5.41) is 2.98. The van der Waals surface area contributed by atoms with E-state index in [9.17, 15) is 9.59 Å². The summed E-state index contributed by atoms with van der Waals surface area (Å²) in [4.78, 5) is 26.5. The molecule has 1 atom stereocenters. The van der Waals surface area contributed by atoms with Gasteiger partial charge in [-0.25, -0.2) is 0 Å². The van der Waals surface area contributed by atoms with Crippen LogP contribution in [0.1, 0.15) is 66.6 Å². The normalized spacial score (nSPS) is 14.3. The van der Waals surface area contributed by atoms with Crippen molar-refractivity contribution in [2.75, 3.05) is 7.05 Å². The van der Waals surface area contributed by atoms with Crippen molar-refractivity contribution in [2.24, 2.45) is 0 Å². The van der Waals surface area contributed by atoms with Crippen LogP contribution in [0.15, 0.2) is 42.5 Å². The van der Waals surface area contributed by atoms with Gasteiger partial charge in [0, 0.05) is 25.2 Å². The summed E-state index contributed by atoms with van der Waals surface area (Å²) in [6.45, 7) is 8.62. The standard InChI is InChI=1S/C25H32N2O3/c1-16(2)23-13-12-22(14-17(23)3)30-18(4)25(29)27(5)15-19-6-8-20(9-7-19)24(28)26-21-10-11-21/h6-9,12-14,16,18,21H,10-11,15H2,1-5H3,(H,26,28)/t18-/m0/s1. The summed E-state index contributed by atoms with van der Waals surface area (Å²) in [6, 6.07) is 13.7. The van der Waals surface area contributed by atoms with Crippen LogP contribution in [-0.2, 0) is 11.3 Å². The third kappa shape index (κ3) is 5.62. The van der Waals surface area contributed by atoms with Crippen molar-refractivity contribution in [3.05, 3.63) is 64.7 Å². The number of aryl methyl sites for hydroxylation is 1. The van der Waals surface area contributed by atoms with Gasteiger partial charge in [-0.15, -0.1) is 0 Å². The Morgan fingerprint density at radius 1 is 1.10 bits per heavy atom. The summed E-state index contributed by atoms with van der Waals surface area (Å²) in [6.07, 6.45) is 1.56. The molecule has 0 aromatic heterocycles. The van der Waals surface area contributed by atoms with Crippen LogP contribution in [0.2, 0.25) is 0 Å². The van der Waals surface area contributed by atoms with E-state index in [4.69, 9.17) is 4.74 Å². The number of carbonyl (C=O) groups is 2. The van der Waals surface area contributed by atoms with E-state index < -0.39 is 6.10 Å². The molecule has 30 heavy (non-hydrogen) atoms. The molecule has 160 valence electrons. The summed E-state index contributed by atoms with van der Waals surface area (Å²) in [5.74, 6) is 1.04. The molecule has 0 saturated heterocycles. The third-order valence-electron chi connectivity index (χ3n) is 5.45. The van der Waals surface area contributed by atoms with Crippen molar-refractivity contribution in [2.45, 2.75) is 65.1 Å². The second-order valence-electron chi connectivity index (χ2n) is 8.57. The molecule has 1 aliphatic carbocycles. The highest BCUT2D eigenvalue weighted by molar-refractivity contribution is 5.94. The summed E-state index contributed by atoms with van der Waals surface area (Å²) in [5.41, 5.74) is 4.07. The van der Waals surface area contributed by atoms with E-state index in [-0.39, 0.29) is 11.8 Å². The third-order valence-corrected chi connectivity index (χ3v) is 5.45. The minimum absolute atomic E-state index is 0.0331. The first kappa shape index (κ1) is 21.9. The van der Waals surface area contributed by atoms with Crippen molar-refractivity contribution in [3.8, 4) is 5.75 Å². The van der Waals surface area contributed by atoms with Gasteiger partial charge >= 0.3 is 0 Å². The zero-order chi connectivity index (χ0) is 21.8. The van der Waals surface area contributed by atoms with E-state index in [1.807, 2.05) is 36.4 Å². The van der Waals surface area contributed by atoms with Gasteiger partial charge in [-0.2, -0.15) is 0 Å².